The number of benzene rings is 1. The summed E-state index contributed by atoms with van der Waals surface area (Å²) in [5.41, 5.74) is 1.16. The summed E-state index contributed by atoms with van der Waals surface area (Å²) in [6, 6.07) is 8.92. The van der Waals surface area contributed by atoms with Gasteiger partial charge in [-0.3, -0.25) is 4.68 Å². The number of rotatable bonds is 6. The summed E-state index contributed by atoms with van der Waals surface area (Å²) in [4.78, 5) is 0.947. The molecule has 0 saturated heterocycles. The van der Waals surface area contributed by atoms with Crippen LogP contribution in [-0.4, -0.2) is 22.6 Å². The van der Waals surface area contributed by atoms with Crippen LogP contribution in [0.2, 0.25) is 0 Å². The molecule has 0 spiro atoms. The summed E-state index contributed by atoms with van der Waals surface area (Å²) in [5.74, 6) is 0.649. The third-order valence-corrected chi connectivity index (χ3v) is 4.05. The smallest absolute Gasteiger partial charge is 0.124 e. The molecular formula is C14H18FN3S. The Morgan fingerprint density at radius 2 is 2.26 bits per heavy atom. The highest BCUT2D eigenvalue weighted by Crippen LogP contribution is 2.25. The van der Waals surface area contributed by atoms with Gasteiger partial charge in [-0.2, -0.15) is 5.10 Å². The third kappa shape index (κ3) is 3.58. The van der Waals surface area contributed by atoms with Crippen LogP contribution in [0.15, 0.2) is 41.4 Å². The molecule has 1 heterocycles. The highest BCUT2D eigenvalue weighted by atomic mass is 32.2. The van der Waals surface area contributed by atoms with Gasteiger partial charge in [-0.1, -0.05) is 6.07 Å². The van der Waals surface area contributed by atoms with Crippen molar-refractivity contribution in [3.05, 3.63) is 48.0 Å². The van der Waals surface area contributed by atoms with Crippen LogP contribution in [-0.2, 0) is 6.54 Å². The molecule has 0 bridgehead atoms. The average molecular weight is 279 g/mol. The fourth-order valence-electron chi connectivity index (χ4n) is 1.96. The predicted octanol–water partition coefficient (Wildman–Crippen LogP) is 3.09. The number of nitrogens with zero attached hydrogens (tertiary/aromatic N) is 2. The Kier molecular flexibility index (Phi) is 4.99. The Balaban J connectivity index is 2.04. The summed E-state index contributed by atoms with van der Waals surface area (Å²) in [6.45, 7) is 2.92. The van der Waals surface area contributed by atoms with Gasteiger partial charge in [-0.15, -0.1) is 11.8 Å². The van der Waals surface area contributed by atoms with E-state index in [9.17, 15) is 4.39 Å². The van der Waals surface area contributed by atoms with Gasteiger partial charge < -0.3 is 5.32 Å². The van der Waals surface area contributed by atoms with Gasteiger partial charge in [0.15, 0.2) is 0 Å². The number of nitrogens with one attached hydrogen (secondary N) is 1. The van der Waals surface area contributed by atoms with E-state index in [0.717, 1.165) is 22.9 Å². The van der Waals surface area contributed by atoms with Crippen molar-refractivity contribution in [2.45, 2.75) is 24.4 Å². The van der Waals surface area contributed by atoms with Crippen molar-refractivity contribution in [1.82, 2.24) is 15.1 Å². The van der Waals surface area contributed by atoms with E-state index in [1.165, 1.54) is 6.07 Å². The Bertz CT molecular complexity index is 527. The predicted molar refractivity (Wildman–Crippen MR) is 76.8 cm³/mol. The van der Waals surface area contributed by atoms with Gasteiger partial charge >= 0.3 is 0 Å². The minimum Gasteiger partial charge on any atom is -0.311 e. The highest BCUT2D eigenvalue weighted by molar-refractivity contribution is 7.99. The van der Waals surface area contributed by atoms with Crippen molar-refractivity contribution < 1.29 is 4.39 Å². The maximum atomic E-state index is 13.1. The molecule has 0 fully saturated rings. The third-order valence-electron chi connectivity index (χ3n) is 2.97. The Morgan fingerprint density at radius 3 is 2.95 bits per heavy atom. The number of hydrogen-bond acceptors (Lipinski definition) is 3. The van der Waals surface area contributed by atoms with Crippen molar-refractivity contribution in [3.63, 3.8) is 0 Å². The normalized spacial score (nSPS) is 12.6. The van der Waals surface area contributed by atoms with Gasteiger partial charge in [0.25, 0.3) is 0 Å². The molecule has 1 atom stereocenters. The topological polar surface area (TPSA) is 29.9 Å². The van der Waals surface area contributed by atoms with E-state index in [1.807, 2.05) is 30.1 Å². The van der Waals surface area contributed by atoms with Crippen LogP contribution in [0.4, 0.5) is 4.39 Å². The van der Waals surface area contributed by atoms with Crippen molar-refractivity contribution in [1.29, 1.82) is 0 Å². The van der Waals surface area contributed by atoms with Gasteiger partial charge in [0.2, 0.25) is 0 Å². The molecule has 5 heteroatoms. The fourth-order valence-corrected chi connectivity index (χ4v) is 3.02. The van der Waals surface area contributed by atoms with Crippen molar-refractivity contribution >= 4 is 11.8 Å². The molecule has 1 unspecified atom stereocenters. The van der Waals surface area contributed by atoms with Crippen LogP contribution < -0.4 is 5.32 Å². The lowest BCUT2D eigenvalue weighted by Crippen LogP contribution is -2.22. The van der Waals surface area contributed by atoms with E-state index < -0.39 is 0 Å². The molecule has 2 aromatic rings. The van der Waals surface area contributed by atoms with E-state index in [4.69, 9.17) is 0 Å². The molecule has 0 aliphatic heterocycles. The van der Waals surface area contributed by atoms with Crippen LogP contribution in [0.25, 0.3) is 0 Å². The maximum Gasteiger partial charge on any atom is 0.124 e. The summed E-state index contributed by atoms with van der Waals surface area (Å²) < 4.78 is 15.1. The molecule has 0 aliphatic carbocycles. The number of thioether (sulfide) groups is 1. The first kappa shape index (κ1) is 14.1. The molecule has 2 rings (SSSR count). The molecule has 1 N–H and O–H groups in total. The van der Waals surface area contributed by atoms with E-state index in [-0.39, 0.29) is 11.9 Å². The second kappa shape index (κ2) is 6.73. The SMILES string of the molecule is CCn1nccc1C(CSc1cccc(F)c1)NC. The van der Waals surface area contributed by atoms with Crippen molar-refractivity contribution in [2.75, 3.05) is 12.8 Å². The number of aryl methyl sites for hydroxylation is 1. The van der Waals surface area contributed by atoms with Crippen LogP contribution in [0.1, 0.15) is 18.7 Å². The first-order valence-electron chi connectivity index (χ1n) is 6.32. The van der Waals surface area contributed by atoms with Gasteiger partial charge in [0.05, 0.1) is 11.7 Å². The van der Waals surface area contributed by atoms with E-state index in [1.54, 1.807) is 23.9 Å². The lowest BCUT2D eigenvalue weighted by Gasteiger charge is -2.17. The molecule has 19 heavy (non-hydrogen) atoms. The average Bonchev–Trinajstić information content (AvgIpc) is 2.88. The highest BCUT2D eigenvalue weighted by Gasteiger charge is 2.14. The second-order valence-electron chi connectivity index (χ2n) is 4.18. The first-order valence-corrected chi connectivity index (χ1v) is 7.30. The summed E-state index contributed by atoms with van der Waals surface area (Å²) >= 11 is 1.64. The van der Waals surface area contributed by atoms with E-state index in [2.05, 4.69) is 17.3 Å². The maximum absolute atomic E-state index is 13.1. The van der Waals surface area contributed by atoms with Gasteiger partial charge in [0.1, 0.15) is 5.82 Å². The zero-order valence-electron chi connectivity index (χ0n) is 11.1. The minimum absolute atomic E-state index is 0.190. The number of hydrogen-bond donors (Lipinski definition) is 1. The monoisotopic (exact) mass is 279 g/mol. The van der Waals surface area contributed by atoms with Gasteiger partial charge in [0, 0.05) is 23.4 Å². The summed E-state index contributed by atoms with van der Waals surface area (Å²) in [6.07, 6.45) is 1.82. The lowest BCUT2D eigenvalue weighted by atomic mass is 10.2. The largest absolute Gasteiger partial charge is 0.311 e. The zero-order valence-corrected chi connectivity index (χ0v) is 12.0. The second-order valence-corrected chi connectivity index (χ2v) is 5.27. The van der Waals surface area contributed by atoms with Crippen LogP contribution in [0.3, 0.4) is 0 Å². The van der Waals surface area contributed by atoms with Crippen LogP contribution in [0, 0.1) is 5.82 Å². The van der Waals surface area contributed by atoms with Crippen LogP contribution >= 0.6 is 11.8 Å². The molecular weight excluding hydrogens is 261 g/mol. The molecule has 0 aliphatic rings. The summed E-state index contributed by atoms with van der Waals surface area (Å²) in [7, 11) is 1.93. The van der Waals surface area contributed by atoms with Gasteiger partial charge in [-0.25, -0.2) is 4.39 Å². The van der Waals surface area contributed by atoms with Crippen LogP contribution in [0.5, 0.6) is 0 Å². The summed E-state index contributed by atoms with van der Waals surface area (Å²) in [5, 5.41) is 7.57. The molecule has 102 valence electrons. The fraction of sp³-hybridized carbons (Fsp3) is 0.357. The quantitative estimate of drug-likeness (QED) is 0.824. The standard InChI is InChI=1S/C14H18FN3S/c1-3-18-14(7-8-17-18)13(16-2)10-19-12-6-4-5-11(15)9-12/h4-9,13,16H,3,10H2,1-2H3. The van der Waals surface area contributed by atoms with Crippen molar-refractivity contribution in [2.24, 2.45) is 0 Å². The minimum atomic E-state index is -0.190. The molecule has 3 nitrogen and oxygen atoms in total. The van der Waals surface area contributed by atoms with E-state index in [0.29, 0.717) is 0 Å². The Labute approximate surface area is 117 Å². The molecule has 1 aromatic heterocycles. The Hall–Kier alpha value is -1.33. The Morgan fingerprint density at radius 1 is 1.42 bits per heavy atom. The zero-order chi connectivity index (χ0) is 13.7. The molecule has 1 aromatic carbocycles. The van der Waals surface area contributed by atoms with Gasteiger partial charge in [-0.05, 0) is 38.2 Å². The van der Waals surface area contributed by atoms with E-state index >= 15 is 0 Å². The van der Waals surface area contributed by atoms with Crippen molar-refractivity contribution in [3.8, 4) is 0 Å². The number of halogens is 1. The molecule has 0 amide bonds. The lowest BCUT2D eigenvalue weighted by molar-refractivity contribution is 0.549. The number of aromatic nitrogens is 2. The first-order chi connectivity index (χ1) is 9.24. The molecule has 0 radical (unpaired) electrons. The molecule has 0 saturated carbocycles.